The normalized spacial score (nSPS) is 24.4. The molecule has 0 spiro atoms. The summed E-state index contributed by atoms with van der Waals surface area (Å²) in [7, 11) is 0. The van der Waals surface area contributed by atoms with Gasteiger partial charge in [-0.2, -0.15) is 0 Å². The molecule has 0 saturated carbocycles. The van der Waals surface area contributed by atoms with Gasteiger partial charge in [-0.3, -0.25) is 0 Å². The van der Waals surface area contributed by atoms with Crippen LogP contribution in [0.4, 0.5) is 0 Å². The molecular formula is C11H10BrNO2S. The molecule has 0 bridgehead atoms. The van der Waals surface area contributed by atoms with Crippen molar-refractivity contribution in [2.24, 2.45) is 0 Å². The minimum atomic E-state index is -0.961. The van der Waals surface area contributed by atoms with Crippen LogP contribution in [-0.2, 0) is 12.0 Å². The van der Waals surface area contributed by atoms with E-state index >= 15 is 0 Å². The van der Waals surface area contributed by atoms with Crippen LogP contribution >= 0.6 is 27.3 Å². The number of aliphatic hydroxyl groups is 1. The van der Waals surface area contributed by atoms with Crippen LogP contribution in [-0.4, -0.2) is 10.1 Å². The first-order valence-electron chi connectivity index (χ1n) is 5.11. The average molecular weight is 300 g/mol. The second-order valence-corrected chi connectivity index (χ2v) is 5.62. The van der Waals surface area contributed by atoms with Gasteiger partial charge in [0.25, 0.3) is 0 Å². The van der Waals surface area contributed by atoms with Crippen LogP contribution < -0.4 is 0 Å². The van der Waals surface area contributed by atoms with E-state index in [2.05, 4.69) is 20.9 Å². The van der Waals surface area contributed by atoms with Crippen molar-refractivity contribution in [1.29, 1.82) is 0 Å². The molecule has 5 heteroatoms. The topological polar surface area (TPSA) is 46.3 Å². The SMILES string of the molecule is OC1(c2nc(Br)cs2)CCCc2occc21. The van der Waals surface area contributed by atoms with Crippen molar-refractivity contribution in [2.75, 3.05) is 0 Å². The Morgan fingerprint density at radius 2 is 2.44 bits per heavy atom. The molecule has 0 fully saturated rings. The van der Waals surface area contributed by atoms with E-state index in [1.807, 2.05) is 11.4 Å². The van der Waals surface area contributed by atoms with Crippen LogP contribution in [0.15, 0.2) is 26.7 Å². The number of aromatic nitrogens is 1. The first-order chi connectivity index (χ1) is 7.70. The third kappa shape index (κ3) is 1.46. The number of furan rings is 1. The van der Waals surface area contributed by atoms with Gasteiger partial charge in [0.1, 0.15) is 21.0 Å². The number of aryl methyl sites for hydroxylation is 1. The standard InChI is InChI=1S/C11H10BrNO2S/c12-9-6-16-10(13-9)11(14)4-1-2-8-7(11)3-5-15-8/h3,5-6,14H,1-2,4H2. The highest BCUT2D eigenvalue weighted by atomic mass is 79.9. The van der Waals surface area contributed by atoms with E-state index in [1.54, 1.807) is 6.26 Å². The van der Waals surface area contributed by atoms with Gasteiger partial charge >= 0.3 is 0 Å². The minimum Gasteiger partial charge on any atom is -0.469 e. The maximum atomic E-state index is 10.8. The van der Waals surface area contributed by atoms with Crippen LogP contribution in [0.3, 0.4) is 0 Å². The van der Waals surface area contributed by atoms with Crippen LogP contribution in [0.5, 0.6) is 0 Å². The molecule has 3 rings (SSSR count). The van der Waals surface area contributed by atoms with Gasteiger partial charge in [0.05, 0.1) is 6.26 Å². The molecule has 84 valence electrons. The van der Waals surface area contributed by atoms with E-state index in [0.29, 0.717) is 6.42 Å². The first kappa shape index (κ1) is 10.5. The third-order valence-electron chi connectivity index (χ3n) is 2.96. The summed E-state index contributed by atoms with van der Waals surface area (Å²) in [5, 5.41) is 13.4. The summed E-state index contributed by atoms with van der Waals surface area (Å²) >= 11 is 4.79. The Labute approximate surface area is 105 Å². The summed E-state index contributed by atoms with van der Waals surface area (Å²) in [6, 6.07) is 1.85. The molecule has 0 saturated heterocycles. The van der Waals surface area contributed by atoms with E-state index in [1.165, 1.54) is 11.3 Å². The van der Waals surface area contributed by atoms with Gasteiger partial charge in [-0.15, -0.1) is 11.3 Å². The molecule has 1 aliphatic carbocycles. The smallest absolute Gasteiger partial charge is 0.144 e. The number of nitrogens with zero attached hydrogens (tertiary/aromatic N) is 1. The average Bonchev–Trinajstić information content (AvgIpc) is 2.87. The predicted molar refractivity (Wildman–Crippen MR) is 64.5 cm³/mol. The molecule has 16 heavy (non-hydrogen) atoms. The van der Waals surface area contributed by atoms with Crippen LogP contribution in [0.25, 0.3) is 0 Å². The lowest BCUT2D eigenvalue weighted by molar-refractivity contribution is 0.0585. The molecular weight excluding hydrogens is 290 g/mol. The second kappa shape index (κ2) is 3.68. The fourth-order valence-electron chi connectivity index (χ4n) is 2.21. The molecule has 0 amide bonds. The van der Waals surface area contributed by atoms with E-state index < -0.39 is 5.60 Å². The Morgan fingerprint density at radius 3 is 3.19 bits per heavy atom. The van der Waals surface area contributed by atoms with Crippen LogP contribution in [0.1, 0.15) is 29.2 Å². The van der Waals surface area contributed by atoms with E-state index in [0.717, 1.165) is 33.8 Å². The Kier molecular flexibility index (Phi) is 2.42. The third-order valence-corrected chi connectivity index (χ3v) is 4.67. The lowest BCUT2D eigenvalue weighted by atomic mass is 9.83. The Balaban J connectivity index is 2.13. The first-order valence-corrected chi connectivity index (χ1v) is 6.78. The van der Waals surface area contributed by atoms with Gasteiger partial charge in [0.2, 0.25) is 0 Å². The van der Waals surface area contributed by atoms with Gasteiger partial charge in [0, 0.05) is 17.4 Å². The lowest BCUT2D eigenvalue weighted by Crippen LogP contribution is -2.30. The van der Waals surface area contributed by atoms with Gasteiger partial charge in [0.15, 0.2) is 0 Å². The summed E-state index contributed by atoms with van der Waals surface area (Å²) in [6.07, 6.45) is 4.18. The van der Waals surface area contributed by atoms with Crippen LogP contribution in [0.2, 0.25) is 0 Å². The molecule has 3 nitrogen and oxygen atoms in total. The quantitative estimate of drug-likeness (QED) is 0.880. The molecule has 1 N–H and O–H groups in total. The molecule has 2 heterocycles. The van der Waals surface area contributed by atoms with Crippen molar-refractivity contribution >= 4 is 27.3 Å². The fourth-order valence-corrected chi connectivity index (χ4v) is 3.60. The number of rotatable bonds is 1. The molecule has 0 aliphatic heterocycles. The van der Waals surface area contributed by atoms with Gasteiger partial charge in [-0.25, -0.2) is 4.98 Å². The number of fused-ring (bicyclic) bond motifs is 1. The van der Waals surface area contributed by atoms with Crippen molar-refractivity contribution in [3.63, 3.8) is 0 Å². The van der Waals surface area contributed by atoms with Crippen LogP contribution in [0, 0.1) is 0 Å². The molecule has 1 unspecified atom stereocenters. The number of thiazole rings is 1. The number of hydrogen-bond donors (Lipinski definition) is 1. The van der Waals surface area contributed by atoms with Gasteiger partial charge in [-0.05, 0) is 34.8 Å². The van der Waals surface area contributed by atoms with Crippen molar-refractivity contribution in [1.82, 2.24) is 4.98 Å². The summed E-state index contributed by atoms with van der Waals surface area (Å²) in [5.41, 5.74) is -0.0855. The molecule has 0 aromatic carbocycles. The Hall–Kier alpha value is -0.650. The maximum Gasteiger partial charge on any atom is 0.144 e. The highest BCUT2D eigenvalue weighted by Crippen LogP contribution is 2.42. The van der Waals surface area contributed by atoms with Crippen molar-refractivity contribution in [2.45, 2.75) is 24.9 Å². The van der Waals surface area contributed by atoms with E-state index in [9.17, 15) is 5.11 Å². The van der Waals surface area contributed by atoms with Gasteiger partial charge < -0.3 is 9.52 Å². The molecule has 1 atom stereocenters. The lowest BCUT2D eigenvalue weighted by Gasteiger charge is -2.29. The monoisotopic (exact) mass is 299 g/mol. The van der Waals surface area contributed by atoms with Gasteiger partial charge in [-0.1, -0.05) is 0 Å². The summed E-state index contributed by atoms with van der Waals surface area (Å²) in [6.45, 7) is 0. The summed E-state index contributed by atoms with van der Waals surface area (Å²) in [4.78, 5) is 4.33. The van der Waals surface area contributed by atoms with E-state index in [4.69, 9.17) is 4.42 Å². The number of hydrogen-bond acceptors (Lipinski definition) is 4. The van der Waals surface area contributed by atoms with Crippen molar-refractivity contribution in [3.8, 4) is 0 Å². The zero-order valence-corrected chi connectivity index (χ0v) is 10.8. The highest BCUT2D eigenvalue weighted by Gasteiger charge is 2.40. The fraction of sp³-hybridized carbons (Fsp3) is 0.364. The largest absolute Gasteiger partial charge is 0.469 e. The van der Waals surface area contributed by atoms with Crippen molar-refractivity contribution < 1.29 is 9.52 Å². The second-order valence-electron chi connectivity index (χ2n) is 3.95. The zero-order valence-electron chi connectivity index (χ0n) is 8.44. The highest BCUT2D eigenvalue weighted by molar-refractivity contribution is 9.10. The summed E-state index contributed by atoms with van der Waals surface area (Å²) in [5.74, 6) is 0.889. The number of halogens is 1. The van der Waals surface area contributed by atoms with E-state index in [-0.39, 0.29) is 0 Å². The Bertz CT molecular complexity index is 522. The van der Waals surface area contributed by atoms with Crippen molar-refractivity contribution in [3.05, 3.63) is 38.6 Å². The minimum absolute atomic E-state index is 0.708. The summed E-state index contributed by atoms with van der Waals surface area (Å²) < 4.78 is 6.16. The molecule has 2 aromatic rings. The zero-order chi connectivity index (χ0) is 11.2. The maximum absolute atomic E-state index is 10.8. The molecule has 2 aromatic heterocycles. The molecule has 1 aliphatic rings. The Morgan fingerprint density at radius 1 is 1.56 bits per heavy atom. The molecule has 0 radical (unpaired) electrons. The predicted octanol–water partition coefficient (Wildman–Crippen LogP) is 3.07.